The second-order valence-electron chi connectivity index (χ2n) is 7.14. The maximum absolute atomic E-state index is 12.4. The van der Waals surface area contributed by atoms with Gasteiger partial charge in [-0.1, -0.05) is 36.4 Å². The number of nitrogens with one attached hydrogen (secondary N) is 1. The predicted molar refractivity (Wildman–Crippen MR) is 106 cm³/mol. The highest BCUT2D eigenvalue weighted by Gasteiger charge is 2.21. The van der Waals surface area contributed by atoms with Gasteiger partial charge in [0.15, 0.2) is 0 Å². The van der Waals surface area contributed by atoms with Crippen LogP contribution < -0.4 is 5.32 Å². The summed E-state index contributed by atoms with van der Waals surface area (Å²) in [4.78, 5) is 12.7. The van der Waals surface area contributed by atoms with E-state index in [2.05, 4.69) is 17.4 Å². The number of nitrogens with zero attached hydrogens (tertiary/aromatic N) is 1. The number of carbonyl (C=O) groups is 1. The summed E-state index contributed by atoms with van der Waals surface area (Å²) >= 11 is 0. The Bertz CT molecular complexity index is 905. The van der Waals surface area contributed by atoms with Gasteiger partial charge in [0.05, 0.1) is 10.9 Å². The Kier molecular flexibility index (Phi) is 5.97. The fraction of sp³-hybridized carbons (Fsp3) is 0.381. The Balaban J connectivity index is 1.57. The minimum atomic E-state index is -3.42. The van der Waals surface area contributed by atoms with Gasteiger partial charge in [0.2, 0.25) is 15.9 Å². The number of hydrogen-bond donors (Lipinski definition) is 1. The van der Waals surface area contributed by atoms with Crippen molar-refractivity contribution in [2.75, 3.05) is 14.1 Å². The molecule has 0 spiro atoms. The van der Waals surface area contributed by atoms with Crippen molar-refractivity contribution in [1.82, 2.24) is 9.62 Å². The molecular formula is C21H26N2O3S. The summed E-state index contributed by atoms with van der Waals surface area (Å²) in [5.41, 5.74) is 3.51. The van der Waals surface area contributed by atoms with E-state index in [-0.39, 0.29) is 16.8 Å². The minimum absolute atomic E-state index is 0.0293. The largest absolute Gasteiger partial charge is 0.349 e. The van der Waals surface area contributed by atoms with Crippen molar-refractivity contribution in [2.24, 2.45) is 0 Å². The number of aryl methyl sites for hydroxylation is 2. The summed E-state index contributed by atoms with van der Waals surface area (Å²) in [5, 5.41) is 3.15. The van der Waals surface area contributed by atoms with Crippen molar-refractivity contribution >= 4 is 15.9 Å². The topological polar surface area (TPSA) is 66.5 Å². The number of fused-ring (bicyclic) bond motifs is 1. The first kappa shape index (κ1) is 19.6. The van der Waals surface area contributed by atoms with Crippen molar-refractivity contribution in [3.63, 3.8) is 0 Å². The molecule has 2 aromatic carbocycles. The van der Waals surface area contributed by atoms with Crippen LogP contribution in [0.3, 0.4) is 0 Å². The SMILES string of the molecule is CN(C)S(=O)(=O)c1ccc(CCC(=O)NC2CCCc3ccccc32)cc1. The maximum Gasteiger partial charge on any atom is 0.242 e. The summed E-state index contributed by atoms with van der Waals surface area (Å²) in [6.45, 7) is 0. The van der Waals surface area contributed by atoms with E-state index in [9.17, 15) is 13.2 Å². The standard InChI is InChI=1S/C21H26N2O3S/c1-23(2)27(25,26)18-13-10-16(11-14-18)12-15-21(24)22-20-9-5-7-17-6-3-4-8-19(17)20/h3-4,6,8,10-11,13-14,20H,5,7,9,12,15H2,1-2H3,(H,22,24). The first-order chi connectivity index (χ1) is 12.9. The number of amides is 1. The van der Waals surface area contributed by atoms with Gasteiger partial charge in [-0.3, -0.25) is 4.79 Å². The van der Waals surface area contributed by atoms with Gasteiger partial charge in [-0.15, -0.1) is 0 Å². The van der Waals surface area contributed by atoms with E-state index in [0.717, 1.165) is 24.8 Å². The van der Waals surface area contributed by atoms with Gasteiger partial charge in [0.25, 0.3) is 0 Å². The third kappa shape index (κ3) is 4.57. The Morgan fingerprint density at radius 3 is 2.52 bits per heavy atom. The molecule has 0 fully saturated rings. The molecule has 0 saturated carbocycles. The summed E-state index contributed by atoms with van der Waals surface area (Å²) in [5.74, 6) is 0.0293. The number of carbonyl (C=O) groups excluding carboxylic acids is 1. The van der Waals surface area contributed by atoms with E-state index in [1.807, 2.05) is 12.1 Å². The lowest BCUT2D eigenvalue weighted by Crippen LogP contribution is -2.31. The van der Waals surface area contributed by atoms with Crippen LogP contribution >= 0.6 is 0 Å². The van der Waals surface area contributed by atoms with Crippen LogP contribution in [-0.2, 0) is 27.7 Å². The van der Waals surface area contributed by atoms with E-state index in [1.165, 1.54) is 29.5 Å². The van der Waals surface area contributed by atoms with E-state index in [0.29, 0.717) is 12.8 Å². The average Bonchev–Trinajstić information content (AvgIpc) is 2.67. The molecule has 1 atom stereocenters. The van der Waals surface area contributed by atoms with Gasteiger partial charge in [0.1, 0.15) is 0 Å². The van der Waals surface area contributed by atoms with E-state index in [4.69, 9.17) is 0 Å². The van der Waals surface area contributed by atoms with Crippen molar-refractivity contribution in [3.05, 3.63) is 65.2 Å². The lowest BCUT2D eigenvalue weighted by atomic mass is 9.87. The molecule has 1 aliphatic rings. The van der Waals surface area contributed by atoms with Crippen LogP contribution in [0.5, 0.6) is 0 Å². The molecule has 5 nitrogen and oxygen atoms in total. The fourth-order valence-corrected chi connectivity index (χ4v) is 4.37. The molecule has 0 aromatic heterocycles. The summed E-state index contributed by atoms with van der Waals surface area (Å²) in [6, 6.07) is 15.1. The Morgan fingerprint density at radius 1 is 1.11 bits per heavy atom. The first-order valence-corrected chi connectivity index (χ1v) is 10.7. The monoisotopic (exact) mass is 386 g/mol. The van der Waals surface area contributed by atoms with Gasteiger partial charge in [0, 0.05) is 20.5 Å². The van der Waals surface area contributed by atoms with Gasteiger partial charge >= 0.3 is 0 Å². The molecule has 27 heavy (non-hydrogen) atoms. The van der Waals surface area contributed by atoms with Gasteiger partial charge in [-0.2, -0.15) is 0 Å². The van der Waals surface area contributed by atoms with Crippen LogP contribution in [0, 0.1) is 0 Å². The zero-order valence-electron chi connectivity index (χ0n) is 15.8. The highest BCUT2D eigenvalue weighted by molar-refractivity contribution is 7.89. The van der Waals surface area contributed by atoms with E-state index < -0.39 is 10.0 Å². The molecule has 0 heterocycles. The van der Waals surface area contributed by atoms with Crippen LogP contribution in [0.4, 0.5) is 0 Å². The molecule has 1 unspecified atom stereocenters. The Morgan fingerprint density at radius 2 is 1.81 bits per heavy atom. The van der Waals surface area contributed by atoms with Crippen molar-refractivity contribution in [1.29, 1.82) is 0 Å². The van der Waals surface area contributed by atoms with Crippen molar-refractivity contribution in [3.8, 4) is 0 Å². The second-order valence-corrected chi connectivity index (χ2v) is 9.29. The minimum Gasteiger partial charge on any atom is -0.349 e. The molecule has 144 valence electrons. The van der Waals surface area contributed by atoms with Crippen molar-refractivity contribution < 1.29 is 13.2 Å². The van der Waals surface area contributed by atoms with E-state index in [1.54, 1.807) is 24.3 Å². The normalized spacial score (nSPS) is 16.8. The van der Waals surface area contributed by atoms with Crippen LogP contribution in [-0.4, -0.2) is 32.7 Å². The third-order valence-electron chi connectivity index (χ3n) is 5.05. The lowest BCUT2D eigenvalue weighted by molar-refractivity contribution is -0.121. The molecule has 0 bridgehead atoms. The predicted octanol–water partition coefficient (Wildman–Crippen LogP) is 3.06. The average molecular weight is 387 g/mol. The van der Waals surface area contributed by atoms with Crippen LogP contribution in [0.25, 0.3) is 0 Å². The van der Waals surface area contributed by atoms with Gasteiger partial charge < -0.3 is 5.32 Å². The van der Waals surface area contributed by atoms with Gasteiger partial charge in [-0.05, 0) is 54.5 Å². The molecule has 1 N–H and O–H groups in total. The van der Waals surface area contributed by atoms with Crippen molar-refractivity contribution in [2.45, 2.75) is 43.0 Å². The molecule has 1 aliphatic carbocycles. The quantitative estimate of drug-likeness (QED) is 0.830. The molecular weight excluding hydrogens is 360 g/mol. The molecule has 2 aromatic rings. The zero-order valence-corrected chi connectivity index (χ0v) is 16.6. The number of hydrogen-bond acceptors (Lipinski definition) is 3. The molecule has 0 saturated heterocycles. The number of benzene rings is 2. The van der Waals surface area contributed by atoms with Crippen LogP contribution in [0.1, 0.15) is 42.0 Å². The molecule has 6 heteroatoms. The smallest absolute Gasteiger partial charge is 0.242 e. The Hall–Kier alpha value is -2.18. The summed E-state index contributed by atoms with van der Waals surface area (Å²) < 4.78 is 25.4. The molecule has 0 radical (unpaired) electrons. The lowest BCUT2D eigenvalue weighted by Gasteiger charge is -2.26. The van der Waals surface area contributed by atoms with Crippen LogP contribution in [0.15, 0.2) is 53.4 Å². The maximum atomic E-state index is 12.4. The first-order valence-electron chi connectivity index (χ1n) is 9.26. The summed E-state index contributed by atoms with van der Waals surface area (Å²) in [6.07, 6.45) is 4.11. The van der Waals surface area contributed by atoms with Gasteiger partial charge in [-0.25, -0.2) is 12.7 Å². The number of rotatable bonds is 6. The number of sulfonamides is 1. The Labute approximate surface area is 161 Å². The molecule has 0 aliphatic heterocycles. The molecule has 1 amide bonds. The van der Waals surface area contributed by atoms with Crippen LogP contribution in [0.2, 0.25) is 0 Å². The fourth-order valence-electron chi connectivity index (χ4n) is 3.47. The summed E-state index contributed by atoms with van der Waals surface area (Å²) in [7, 11) is -0.397. The highest BCUT2D eigenvalue weighted by atomic mass is 32.2. The highest BCUT2D eigenvalue weighted by Crippen LogP contribution is 2.29. The zero-order chi connectivity index (χ0) is 19.4. The molecule has 3 rings (SSSR count). The third-order valence-corrected chi connectivity index (χ3v) is 6.88. The second kappa shape index (κ2) is 8.23. The van der Waals surface area contributed by atoms with E-state index >= 15 is 0 Å².